The van der Waals surface area contributed by atoms with E-state index in [2.05, 4.69) is 4.72 Å². The molecule has 1 aromatic carbocycles. The summed E-state index contributed by atoms with van der Waals surface area (Å²) >= 11 is 0. The van der Waals surface area contributed by atoms with Crippen LogP contribution in [0.4, 0.5) is 4.39 Å². The smallest absolute Gasteiger partial charge is 0.308 e. The molecular weight excluding hydrogens is 341 g/mol. The van der Waals surface area contributed by atoms with Gasteiger partial charge in [-0.3, -0.25) is 14.3 Å². The van der Waals surface area contributed by atoms with Gasteiger partial charge in [-0.15, -0.1) is 0 Å². The van der Waals surface area contributed by atoms with Crippen molar-refractivity contribution < 1.29 is 31.9 Å². The maximum Gasteiger partial charge on any atom is 0.308 e. The number of esters is 1. The van der Waals surface area contributed by atoms with E-state index in [9.17, 15) is 22.4 Å². The molecule has 0 radical (unpaired) electrons. The second-order valence-corrected chi connectivity index (χ2v) is 7.24. The van der Waals surface area contributed by atoms with Crippen LogP contribution >= 0.6 is 0 Å². The number of ketones is 1. The molecule has 1 atom stereocenters. The SMILES string of the molecule is CCS(=O)(=O)NC1=C(OC(C)=O)C(=O)C(C)(c2cccc(F)c2)O1. The topological polar surface area (TPSA) is 98.8 Å². The summed E-state index contributed by atoms with van der Waals surface area (Å²) in [6, 6.07) is 5.10. The Balaban J connectivity index is 2.49. The van der Waals surface area contributed by atoms with E-state index in [-0.39, 0.29) is 11.3 Å². The fourth-order valence-electron chi connectivity index (χ4n) is 2.11. The number of benzene rings is 1. The van der Waals surface area contributed by atoms with E-state index in [1.54, 1.807) is 0 Å². The van der Waals surface area contributed by atoms with Crippen LogP contribution in [-0.2, 0) is 34.7 Å². The van der Waals surface area contributed by atoms with Crippen LogP contribution in [0.1, 0.15) is 26.3 Å². The highest BCUT2D eigenvalue weighted by Gasteiger charge is 2.50. The minimum atomic E-state index is -3.79. The van der Waals surface area contributed by atoms with E-state index in [1.165, 1.54) is 32.0 Å². The third-order valence-electron chi connectivity index (χ3n) is 3.40. The molecule has 0 bridgehead atoms. The molecule has 130 valence electrons. The van der Waals surface area contributed by atoms with Crippen molar-refractivity contribution in [3.05, 3.63) is 47.3 Å². The summed E-state index contributed by atoms with van der Waals surface area (Å²) in [6.45, 7) is 3.78. The van der Waals surface area contributed by atoms with Gasteiger partial charge in [0, 0.05) is 12.5 Å². The van der Waals surface area contributed by atoms with Crippen LogP contribution in [0.3, 0.4) is 0 Å². The summed E-state index contributed by atoms with van der Waals surface area (Å²) in [5.41, 5.74) is -1.57. The first-order chi connectivity index (χ1) is 11.1. The lowest BCUT2D eigenvalue weighted by atomic mass is 9.91. The highest BCUT2D eigenvalue weighted by atomic mass is 32.2. The maximum absolute atomic E-state index is 13.5. The average molecular weight is 357 g/mol. The van der Waals surface area contributed by atoms with Crippen molar-refractivity contribution in [3.63, 3.8) is 0 Å². The van der Waals surface area contributed by atoms with E-state index >= 15 is 0 Å². The third kappa shape index (κ3) is 3.40. The highest BCUT2D eigenvalue weighted by molar-refractivity contribution is 7.89. The Morgan fingerprint density at radius 1 is 1.42 bits per heavy atom. The number of hydrogen-bond donors (Lipinski definition) is 1. The van der Waals surface area contributed by atoms with Crippen molar-refractivity contribution in [2.75, 3.05) is 5.75 Å². The summed E-state index contributed by atoms with van der Waals surface area (Å²) in [4.78, 5) is 23.9. The van der Waals surface area contributed by atoms with E-state index in [1.807, 2.05) is 0 Å². The first-order valence-corrected chi connectivity index (χ1v) is 8.67. The molecule has 1 heterocycles. The molecule has 1 aliphatic heterocycles. The van der Waals surface area contributed by atoms with Crippen LogP contribution in [0, 0.1) is 5.82 Å². The number of sulfonamides is 1. The van der Waals surface area contributed by atoms with Crippen LogP contribution in [0.2, 0.25) is 0 Å². The summed E-state index contributed by atoms with van der Waals surface area (Å²) < 4.78 is 49.3. The molecule has 2 rings (SSSR count). The molecule has 0 spiro atoms. The monoisotopic (exact) mass is 357 g/mol. The van der Waals surface area contributed by atoms with Crippen molar-refractivity contribution in [3.8, 4) is 0 Å². The van der Waals surface area contributed by atoms with Crippen molar-refractivity contribution in [2.24, 2.45) is 0 Å². The van der Waals surface area contributed by atoms with Gasteiger partial charge in [-0.1, -0.05) is 12.1 Å². The maximum atomic E-state index is 13.5. The molecule has 1 aromatic rings. The summed E-state index contributed by atoms with van der Waals surface area (Å²) in [6.07, 6.45) is 0. The minimum Gasteiger partial charge on any atom is -0.456 e. The molecule has 0 aromatic heterocycles. The number of carbonyl (C=O) groups excluding carboxylic acids is 2. The fraction of sp³-hybridized carbons (Fsp3) is 0.333. The Hall–Kier alpha value is -2.42. The van der Waals surface area contributed by atoms with Gasteiger partial charge < -0.3 is 9.47 Å². The Morgan fingerprint density at radius 3 is 2.62 bits per heavy atom. The number of nitrogens with one attached hydrogen (secondary N) is 1. The van der Waals surface area contributed by atoms with Crippen molar-refractivity contribution in [1.29, 1.82) is 0 Å². The van der Waals surface area contributed by atoms with Gasteiger partial charge in [0.15, 0.2) is 5.60 Å². The van der Waals surface area contributed by atoms with Crippen LogP contribution < -0.4 is 4.72 Å². The van der Waals surface area contributed by atoms with Gasteiger partial charge in [-0.2, -0.15) is 0 Å². The van der Waals surface area contributed by atoms with Gasteiger partial charge in [0.1, 0.15) is 5.82 Å². The van der Waals surface area contributed by atoms with Crippen LogP contribution in [-0.4, -0.2) is 25.9 Å². The molecule has 1 N–H and O–H groups in total. The van der Waals surface area contributed by atoms with Crippen LogP contribution in [0.15, 0.2) is 35.9 Å². The quantitative estimate of drug-likeness (QED) is 0.798. The molecule has 0 saturated carbocycles. The third-order valence-corrected chi connectivity index (χ3v) is 4.66. The lowest BCUT2D eigenvalue weighted by Gasteiger charge is -2.23. The predicted molar refractivity (Wildman–Crippen MR) is 81.2 cm³/mol. The van der Waals surface area contributed by atoms with Crippen molar-refractivity contribution in [1.82, 2.24) is 4.72 Å². The molecule has 0 fully saturated rings. The number of Topliss-reactive ketones (excluding diaryl/α,β-unsaturated/α-hetero) is 1. The fourth-order valence-corrected chi connectivity index (χ4v) is 2.67. The zero-order chi connectivity index (χ0) is 18.1. The van der Waals surface area contributed by atoms with Gasteiger partial charge in [-0.05, 0) is 26.0 Å². The summed E-state index contributed by atoms with van der Waals surface area (Å²) in [5, 5.41) is 0. The van der Waals surface area contributed by atoms with E-state index in [0.717, 1.165) is 13.0 Å². The standard InChI is InChI=1S/C15H16FNO6S/c1-4-24(20,21)17-14-12(22-9(2)18)13(19)15(3,23-14)10-6-5-7-11(16)8-10/h5-8,17H,4H2,1-3H3. The number of rotatable bonds is 5. The molecule has 1 aliphatic rings. The summed E-state index contributed by atoms with van der Waals surface area (Å²) in [7, 11) is -3.79. The highest BCUT2D eigenvalue weighted by Crippen LogP contribution is 2.38. The van der Waals surface area contributed by atoms with Crippen molar-refractivity contribution in [2.45, 2.75) is 26.4 Å². The second-order valence-electron chi connectivity index (χ2n) is 5.23. The first kappa shape index (κ1) is 17.9. The molecular formula is C15H16FNO6S. The molecule has 7 nitrogen and oxygen atoms in total. The zero-order valence-corrected chi connectivity index (χ0v) is 14.1. The largest absolute Gasteiger partial charge is 0.456 e. The number of ether oxygens (including phenoxy) is 2. The van der Waals surface area contributed by atoms with Crippen LogP contribution in [0.25, 0.3) is 0 Å². The molecule has 0 amide bonds. The van der Waals surface area contributed by atoms with E-state index in [0.29, 0.717) is 0 Å². The van der Waals surface area contributed by atoms with Crippen LogP contribution in [0.5, 0.6) is 0 Å². The Morgan fingerprint density at radius 2 is 2.08 bits per heavy atom. The second kappa shape index (κ2) is 6.23. The lowest BCUT2D eigenvalue weighted by Crippen LogP contribution is -2.32. The van der Waals surface area contributed by atoms with Gasteiger partial charge in [0.25, 0.3) is 5.78 Å². The Labute approximate surface area is 138 Å². The molecule has 24 heavy (non-hydrogen) atoms. The molecule has 1 unspecified atom stereocenters. The normalized spacial score (nSPS) is 20.8. The van der Waals surface area contributed by atoms with Crippen molar-refractivity contribution >= 4 is 21.8 Å². The average Bonchev–Trinajstić information content (AvgIpc) is 2.72. The predicted octanol–water partition coefficient (Wildman–Crippen LogP) is 1.31. The van der Waals surface area contributed by atoms with Gasteiger partial charge in [0.2, 0.25) is 21.7 Å². The number of carbonyl (C=O) groups is 2. The van der Waals surface area contributed by atoms with Gasteiger partial charge >= 0.3 is 5.97 Å². The lowest BCUT2D eigenvalue weighted by molar-refractivity contribution is -0.142. The minimum absolute atomic E-state index is 0.155. The van der Waals surface area contributed by atoms with E-state index in [4.69, 9.17) is 9.47 Å². The Bertz CT molecular complexity index is 832. The first-order valence-electron chi connectivity index (χ1n) is 7.02. The van der Waals surface area contributed by atoms with Gasteiger partial charge in [0.05, 0.1) is 5.75 Å². The molecule has 9 heteroatoms. The molecule has 0 saturated heterocycles. The molecule has 0 aliphatic carbocycles. The van der Waals surface area contributed by atoms with Gasteiger partial charge in [-0.25, -0.2) is 12.8 Å². The zero-order valence-electron chi connectivity index (χ0n) is 13.3. The van der Waals surface area contributed by atoms with E-state index < -0.39 is 44.8 Å². The Kier molecular flexibility index (Phi) is 4.66. The summed E-state index contributed by atoms with van der Waals surface area (Å²) in [5.74, 6) is -3.55. The number of halogens is 1. The number of hydrogen-bond acceptors (Lipinski definition) is 6.